The summed E-state index contributed by atoms with van der Waals surface area (Å²) < 4.78 is 15.5. The van der Waals surface area contributed by atoms with Gasteiger partial charge in [-0.2, -0.15) is 0 Å². The third-order valence-corrected chi connectivity index (χ3v) is 4.82. The second kappa shape index (κ2) is 12.2. The van der Waals surface area contributed by atoms with Crippen LogP contribution in [0.4, 0.5) is 5.69 Å². The molecule has 0 aliphatic heterocycles. The summed E-state index contributed by atoms with van der Waals surface area (Å²) in [6.07, 6.45) is 0. The highest BCUT2D eigenvalue weighted by Crippen LogP contribution is 2.22. The number of benzene rings is 2. The van der Waals surface area contributed by atoms with Crippen molar-refractivity contribution in [3.8, 4) is 11.5 Å². The number of hydrogen-bond acceptors (Lipinski definition) is 7. The number of rotatable bonds is 10. The third-order valence-electron chi connectivity index (χ3n) is 4.82. The van der Waals surface area contributed by atoms with Crippen LogP contribution in [0.2, 0.25) is 0 Å². The molecule has 0 saturated heterocycles. The van der Waals surface area contributed by atoms with E-state index in [4.69, 9.17) is 14.2 Å². The van der Waals surface area contributed by atoms with Crippen LogP contribution in [0.25, 0.3) is 0 Å². The van der Waals surface area contributed by atoms with E-state index in [0.717, 1.165) is 0 Å². The summed E-state index contributed by atoms with van der Waals surface area (Å²) in [5.74, 6) is -1.53. The normalized spacial score (nSPS) is 11.2. The molecule has 2 rings (SSSR count). The number of nitrogens with one attached hydrogen (secondary N) is 3. The quantitative estimate of drug-likeness (QED) is 0.452. The van der Waals surface area contributed by atoms with Gasteiger partial charge >= 0.3 is 5.97 Å². The molecule has 0 spiro atoms. The Hall–Kier alpha value is -4.08. The van der Waals surface area contributed by atoms with Crippen molar-refractivity contribution in [1.82, 2.24) is 10.6 Å². The number of anilines is 1. The fourth-order valence-electron chi connectivity index (χ4n) is 2.93. The van der Waals surface area contributed by atoms with Crippen molar-refractivity contribution in [2.75, 3.05) is 33.2 Å². The summed E-state index contributed by atoms with van der Waals surface area (Å²) in [5, 5.41) is 7.72. The van der Waals surface area contributed by atoms with Gasteiger partial charge in [0.05, 0.1) is 14.2 Å². The van der Waals surface area contributed by atoms with E-state index in [1.807, 2.05) is 0 Å². The van der Waals surface area contributed by atoms with Crippen LogP contribution in [-0.2, 0) is 14.3 Å². The minimum absolute atomic E-state index is 0.243. The van der Waals surface area contributed by atoms with Crippen LogP contribution in [0.3, 0.4) is 0 Å². The lowest BCUT2D eigenvalue weighted by Gasteiger charge is -2.21. The van der Waals surface area contributed by atoms with E-state index in [-0.39, 0.29) is 17.4 Å². The topological polar surface area (TPSA) is 132 Å². The lowest BCUT2D eigenvalue weighted by atomic mass is 10.0. The molecule has 3 amide bonds. The van der Waals surface area contributed by atoms with Crippen molar-refractivity contribution in [3.05, 3.63) is 53.6 Å². The van der Waals surface area contributed by atoms with Crippen molar-refractivity contribution in [3.63, 3.8) is 0 Å². The molecule has 0 heterocycles. The Balaban J connectivity index is 1.97. The lowest BCUT2D eigenvalue weighted by molar-refractivity contribution is -0.150. The Morgan fingerprint density at radius 2 is 1.44 bits per heavy atom. The van der Waals surface area contributed by atoms with Crippen molar-refractivity contribution in [1.29, 1.82) is 0 Å². The maximum absolute atomic E-state index is 12.7. The maximum atomic E-state index is 12.7. The monoisotopic (exact) mass is 471 g/mol. The van der Waals surface area contributed by atoms with Crippen molar-refractivity contribution >= 4 is 29.4 Å². The smallest absolute Gasteiger partial charge is 0.329 e. The van der Waals surface area contributed by atoms with E-state index in [1.54, 1.807) is 44.2 Å². The number of ether oxygens (including phenoxy) is 3. The lowest BCUT2D eigenvalue weighted by Crippen LogP contribution is -2.46. The van der Waals surface area contributed by atoms with Gasteiger partial charge in [-0.1, -0.05) is 13.8 Å². The fourth-order valence-corrected chi connectivity index (χ4v) is 2.93. The largest absolute Gasteiger partial charge is 0.497 e. The average Bonchev–Trinajstić information content (AvgIpc) is 2.84. The van der Waals surface area contributed by atoms with Gasteiger partial charge in [-0.05, 0) is 42.3 Å². The summed E-state index contributed by atoms with van der Waals surface area (Å²) >= 11 is 0. The van der Waals surface area contributed by atoms with E-state index in [0.29, 0.717) is 22.7 Å². The number of esters is 1. The second-order valence-corrected chi connectivity index (χ2v) is 7.61. The molecule has 10 heteroatoms. The molecule has 34 heavy (non-hydrogen) atoms. The highest BCUT2D eigenvalue weighted by molar-refractivity contribution is 5.98. The molecule has 0 unspecified atom stereocenters. The van der Waals surface area contributed by atoms with Gasteiger partial charge in [0, 0.05) is 29.9 Å². The molecule has 10 nitrogen and oxygen atoms in total. The first kappa shape index (κ1) is 26.2. The molecule has 0 fully saturated rings. The van der Waals surface area contributed by atoms with Gasteiger partial charge < -0.3 is 30.2 Å². The van der Waals surface area contributed by atoms with Crippen LogP contribution in [0.15, 0.2) is 42.5 Å². The molecule has 0 saturated carbocycles. The highest BCUT2D eigenvalue weighted by Gasteiger charge is 2.27. The molecule has 0 aromatic heterocycles. The maximum Gasteiger partial charge on any atom is 0.329 e. The number of amides is 3. The SMILES string of the molecule is CNC(=O)c1ccc(NC(=O)COC(=O)[C@@H](NC(=O)c2cc(OC)cc(OC)c2)C(C)C)cc1. The molecule has 3 N–H and O–H groups in total. The number of carbonyl (C=O) groups is 4. The molecule has 0 radical (unpaired) electrons. The zero-order chi connectivity index (χ0) is 25.3. The zero-order valence-electron chi connectivity index (χ0n) is 19.8. The number of carbonyl (C=O) groups excluding carboxylic acids is 4. The molecule has 182 valence electrons. The van der Waals surface area contributed by atoms with Gasteiger partial charge in [0.1, 0.15) is 17.5 Å². The van der Waals surface area contributed by atoms with Crippen molar-refractivity contribution < 1.29 is 33.4 Å². The van der Waals surface area contributed by atoms with Gasteiger partial charge in [-0.3, -0.25) is 14.4 Å². The summed E-state index contributed by atoms with van der Waals surface area (Å²) in [6, 6.07) is 9.90. The predicted molar refractivity (Wildman–Crippen MR) is 125 cm³/mol. The van der Waals surface area contributed by atoms with Crippen LogP contribution in [0.1, 0.15) is 34.6 Å². The molecular formula is C24H29N3O7. The van der Waals surface area contributed by atoms with Crippen molar-refractivity contribution in [2.24, 2.45) is 5.92 Å². The molecule has 0 aliphatic carbocycles. The van der Waals surface area contributed by atoms with Gasteiger partial charge in [0.2, 0.25) is 0 Å². The molecule has 2 aromatic carbocycles. The average molecular weight is 472 g/mol. The standard InChI is InChI=1S/C24H29N3O7/c1-14(2)21(27-23(30)16-10-18(32-4)12-19(11-16)33-5)24(31)34-13-20(28)26-17-8-6-15(7-9-17)22(29)25-3/h6-12,14,21H,13H2,1-5H3,(H,25,29)(H,26,28)(H,27,30)/t21-/m0/s1. The first-order valence-corrected chi connectivity index (χ1v) is 10.5. The fraction of sp³-hybridized carbons (Fsp3) is 0.333. The number of methoxy groups -OCH3 is 2. The van der Waals surface area contributed by atoms with Crippen LogP contribution < -0.4 is 25.4 Å². The minimum Gasteiger partial charge on any atom is -0.497 e. The first-order valence-electron chi connectivity index (χ1n) is 10.5. The van der Waals surface area contributed by atoms with E-state index in [2.05, 4.69) is 16.0 Å². The second-order valence-electron chi connectivity index (χ2n) is 7.61. The highest BCUT2D eigenvalue weighted by atomic mass is 16.5. The molecular weight excluding hydrogens is 442 g/mol. The molecule has 1 atom stereocenters. The van der Waals surface area contributed by atoms with E-state index in [9.17, 15) is 19.2 Å². The van der Waals surface area contributed by atoms with Crippen LogP contribution in [0, 0.1) is 5.92 Å². The van der Waals surface area contributed by atoms with E-state index in [1.165, 1.54) is 33.4 Å². The Labute approximate surface area is 198 Å². The summed E-state index contributed by atoms with van der Waals surface area (Å²) in [5.41, 5.74) is 1.12. The van der Waals surface area contributed by atoms with E-state index >= 15 is 0 Å². The molecule has 2 aromatic rings. The van der Waals surface area contributed by atoms with Crippen LogP contribution in [0.5, 0.6) is 11.5 Å². The Kier molecular flexibility index (Phi) is 9.42. The Morgan fingerprint density at radius 1 is 0.853 bits per heavy atom. The zero-order valence-corrected chi connectivity index (χ0v) is 19.8. The summed E-state index contributed by atoms with van der Waals surface area (Å²) in [4.78, 5) is 49.1. The van der Waals surface area contributed by atoms with Crippen molar-refractivity contribution in [2.45, 2.75) is 19.9 Å². The summed E-state index contributed by atoms with van der Waals surface area (Å²) in [6.45, 7) is 2.95. The molecule has 0 aliphatic rings. The van der Waals surface area contributed by atoms with Crippen LogP contribution >= 0.6 is 0 Å². The minimum atomic E-state index is -0.982. The van der Waals surface area contributed by atoms with E-state index < -0.39 is 30.4 Å². The van der Waals surface area contributed by atoms with Gasteiger partial charge in [-0.25, -0.2) is 4.79 Å². The van der Waals surface area contributed by atoms with Crippen LogP contribution in [-0.4, -0.2) is 57.6 Å². The number of hydrogen-bond donors (Lipinski definition) is 3. The Morgan fingerprint density at radius 3 is 1.94 bits per heavy atom. The summed E-state index contributed by atoms with van der Waals surface area (Å²) in [7, 11) is 4.45. The third kappa shape index (κ3) is 7.22. The van der Waals surface area contributed by atoms with Gasteiger partial charge in [0.15, 0.2) is 6.61 Å². The Bertz CT molecular complexity index is 1010. The predicted octanol–water partition coefficient (Wildman–Crippen LogP) is 2.00. The molecule has 0 bridgehead atoms. The van der Waals surface area contributed by atoms with Gasteiger partial charge in [-0.15, -0.1) is 0 Å². The van der Waals surface area contributed by atoms with Gasteiger partial charge in [0.25, 0.3) is 17.7 Å². The first-order chi connectivity index (χ1) is 16.2.